The molecule has 0 amide bonds. The van der Waals surface area contributed by atoms with Crippen LogP contribution in [0.1, 0.15) is 28.1 Å². The van der Waals surface area contributed by atoms with Crippen molar-refractivity contribution in [2.24, 2.45) is 0 Å². The number of aryl methyl sites for hydroxylation is 3. The number of benzene rings is 2. The molecule has 0 saturated carbocycles. The molecule has 0 aliphatic heterocycles. The van der Waals surface area contributed by atoms with Gasteiger partial charge in [0.25, 0.3) is 0 Å². The van der Waals surface area contributed by atoms with Crippen LogP contribution in [0, 0.1) is 32.6 Å². The van der Waals surface area contributed by atoms with Crippen LogP contribution in [0.4, 0.5) is 5.69 Å². The normalized spacial score (nSPS) is 10.9. The number of rotatable bonds is 3. The Labute approximate surface area is 198 Å². The largest absolute Gasteiger partial charge is 0.457 e. The van der Waals surface area contributed by atoms with Crippen LogP contribution in [0.3, 0.4) is 0 Å². The van der Waals surface area contributed by atoms with Crippen molar-refractivity contribution in [2.75, 3.05) is 19.0 Å². The van der Waals surface area contributed by atoms with E-state index in [1.807, 2.05) is 62.3 Å². The molecule has 5 rings (SSSR count). The SMILES string of the molecule is Cc1cc2cc(C#Cc3ncc(C)c4c(Oc5cccc(N(C)C)c5)coc34)nnc2cc1C. The van der Waals surface area contributed by atoms with Crippen molar-refractivity contribution < 1.29 is 9.15 Å². The van der Waals surface area contributed by atoms with Crippen molar-refractivity contribution >= 4 is 27.6 Å². The van der Waals surface area contributed by atoms with Gasteiger partial charge >= 0.3 is 0 Å². The maximum absolute atomic E-state index is 6.17. The molecule has 0 spiro atoms. The minimum absolute atomic E-state index is 0.527. The molecule has 0 aliphatic rings. The smallest absolute Gasteiger partial charge is 0.173 e. The summed E-state index contributed by atoms with van der Waals surface area (Å²) in [6.45, 7) is 6.13. The quantitative estimate of drug-likeness (QED) is 0.318. The van der Waals surface area contributed by atoms with Crippen LogP contribution < -0.4 is 9.64 Å². The molecule has 0 N–H and O–H groups in total. The summed E-state index contributed by atoms with van der Waals surface area (Å²) in [7, 11) is 3.99. The molecule has 0 aliphatic carbocycles. The monoisotopic (exact) mass is 448 g/mol. The first-order valence-corrected chi connectivity index (χ1v) is 11.0. The lowest BCUT2D eigenvalue weighted by Crippen LogP contribution is -2.08. The Balaban J connectivity index is 1.51. The third kappa shape index (κ3) is 4.04. The van der Waals surface area contributed by atoms with Gasteiger partial charge in [-0.15, -0.1) is 10.2 Å². The average Bonchev–Trinajstić information content (AvgIpc) is 3.24. The van der Waals surface area contributed by atoms with Gasteiger partial charge in [-0.1, -0.05) is 6.07 Å². The number of furan rings is 1. The highest BCUT2D eigenvalue weighted by molar-refractivity contribution is 5.90. The molecule has 0 radical (unpaired) electrons. The van der Waals surface area contributed by atoms with Crippen LogP contribution >= 0.6 is 0 Å². The van der Waals surface area contributed by atoms with Gasteiger partial charge in [0.1, 0.15) is 17.7 Å². The van der Waals surface area contributed by atoms with Crippen LogP contribution in [0.5, 0.6) is 11.5 Å². The Kier molecular flexibility index (Phi) is 5.39. The lowest BCUT2D eigenvalue weighted by molar-refractivity contribution is 0.472. The molecule has 6 nitrogen and oxygen atoms in total. The number of hydrogen-bond donors (Lipinski definition) is 0. The fourth-order valence-electron chi connectivity index (χ4n) is 3.78. The number of pyridine rings is 1. The third-order valence-electron chi connectivity index (χ3n) is 5.83. The Hall–Kier alpha value is -4.37. The molecule has 0 atom stereocenters. The van der Waals surface area contributed by atoms with Gasteiger partial charge in [-0.3, -0.25) is 0 Å². The average molecular weight is 449 g/mol. The summed E-state index contributed by atoms with van der Waals surface area (Å²) >= 11 is 0. The molecular formula is C28H24N4O2. The first-order valence-electron chi connectivity index (χ1n) is 11.0. The highest BCUT2D eigenvalue weighted by Crippen LogP contribution is 2.35. The van der Waals surface area contributed by atoms with Gasteiger partial charge in [-0.05, 0) is 79.6 Å². The molecule has 6 heteroatoms. The summed E-state index contributed by atoms with van der Waals surface area (Å²) in [4.78, 5) is 6.52. The Morgan fingerprint density at radius 3 is 2.56 bits per heavy atom. The first-order chi connectivity index (χ1) is 16.4. The van der Waals surface area contributed by atoms with E-state index < -0.39 is 0 Å². The summed E-state index contributed by atoms with van der Waals surface area (Å²) in [6, 6.07) is 14.0. The zero-order chi connectivity index (χ0) is 23.8. The zero-order valence-electron chi connectivity index (χ0n) is 19.8. The molecule has 168 valence electrons. The molecule has 0 fully saturated rings. The van der Waals surface area contributed by atoms with E-state index in [1.54, 1.807) is 12.5 Å². The van der Waals surface area contributed by atoms with Crippen molar-refractivity contribution in [1.82, 2.24) is 15.2 Å². The van der Waals surface area contributed by atoms with E-state index in [0.717, 1.165) is 33.3 Å². The van der Waals surface area contributed by atoms with E-state index in [0.29, 0.717) is 22.7 Å². The van der Waals surface area contributed by atoms with Gasteiger partial charge < -0.3 is 14.1 Å². The maximum atomic E-state index is 6.17. The fraction of sp³-hybridized carbons (Fsp3) is 0.179. The second-order valence-electron chi connectivity index (χ2n) is 8.56. The van der Waals surface area contributed by atoms with E-state index >= 15 is 0 Å². The highest BCUT2D eigenvalue weighted by Gasteiger charge is 2.15. The second-order valence-corrected chi connectivity index (χ2v) is 8.56. The predicted octanol–water partition coefficient (Wildman–Crippen LogP) is 5.95. The van der Waals surface area contributed by atoms with Gasteiger partial charge in [0.15, 0.2) is 17.0 Å². The summed E-state index contributed by atoms with van der Waals surface area (Å²) in [5.41, 5.74) is 6.95. The van der Waals surface area contributed by atoms with Crippen molar-refractivity contribution in [3.63, 3.8) is 0 Å². The zero-order valence-corrected chi connectivity index (χ0v) is 19.8. The van der Waals surface area contributed by atoms with Gasteiger partial charge in [0, 0.05) is 37.4 Å². The van der Waals surface area contributed by atoms with Crippen molar-refractivity contribution in [3.05, 3.63) is 83.0 Å². The third-order valence-corrected chi connectivity index (χ3v) is 5.83. The standard InChI is InChI=1S/C28H24N4O2/c1-17-11-20-13-21(30-31-25(20)12-18(17)2)9-10-24-28-27(19(3)15-29-24)26(16-33-28)34-23-8-6-7-22(14-23)32(4)5/h6-8,11-16H,1-5H3. The Bertz CT molecular complexity index is 1610. The lowest BCUT2D eigenvalue weighted by atomic mass is 10.1. The summed E-state index contributed by atoms with van der Waals surface area (Å²) < 4.78 is 12.0. The minimum Gasteiger partial charge on any atom is -0.457 e. The van der Waals surface area contributed by atoms with E-state index in [2.05, 4.69) is 46.9 Å². The van der Waals surface area contributed by atoms with E-state index in [9.17, 15) is 0 Å². The van der Waals surface area contributed by atoms with Gasteiger partial charge in [0.2, 0.25) is 0 Å². The molecule has 5 aromatic rings. The molecule has 3 aromatic heterocycles. The second kappa shape index (κ2) is 8.53. The molecule has 3 heterocycles. The molecule has 0 bridgehead atoms. The molecule has 0 unspecified atom stereocenters. The molecule has 2 aromatic carbocycles. The Morgan fingerprint density at radius 1 is 0.912 bits per heavy atom. The fourth-order valence-corrected chi connectivity index (χ4v) is 3.78. The van der Waals surface area contributed by atoms with Gasteiger partial charge in [-0.25, -0.2) is 4.98 Å². The summed E-state index contributed by atoms with van der Waals surface area (Å²) in [5, 5.41) is 10.4. The maximum Gasteiger partial charge on any atom is 0.173 e. The first kappa shape index (κ1) is 21.5. The molecule has 34 heavy (non-hydrogen) atoms. The number of fused-ring (bicyclic) bond motifs is 2. The molecule has 0 saturated heterocycles. The number of aromatic nitrogens is 3. The summed E-state index contributed by atoms with van der Waals surface area (Å²) in [6.07, 6.45) is 3.39. The van der Waals surface area contributed by atoms with Gasteiger partial charge in [0.05, 0.1) is 10.9 Å². The van der Waals surface area contributed by atoms with E-state index in [4.69, 9.17) is 9.15 Å². The van der Waals surface area contributed by atoms with Crippen LogP contribution in [-0.4, -0.2) is 29.3 Å². The van der Waals surface area contributed by atoms with Gasteiger partial charge in [-0.2, -0.15) is 0 Å². The lowest BCUT2D eigenvalue weighted by Gasteiger charge is -2.13. The van der Waals surface area contributed by atoms with Crippen molar-refractivity contribution in [2.45, 2.75) is 20.8 Å². The number of anilines is 1. The molecular weight excluding hydrogens is 424 g/mol. The van der Waals surface area contributed by atoms with Crippen LogP contribution in [0.2, 0.25) is 0 Å². The number of ether oxygens (including phenoxy) is 1. The minimum atomic E-state index is 0.527. The van der Waals surface area contributed by atoms with Crippen LogP contribution in [0.25, 0.3) is 21.9 Å². The van der Waals surface area contributed by atoms with Crippen molar-refractivity contribution in [3.8, 4) is 23.3 Å². The number of hydrogen-bond acceptors (Lipinski definition) is 6. The highest BCUT2D eigenvalue weighted by atomic mass is 16.5. The predicted molar refractivity (Wildman–Crippen MR) is 135 cm³/mol. The van der Waals surface area contributed by atoms with E-state index in [-0.39, 0.29) is 0 Å². The van der Waals surface area contributed by atoms with Crippen LogP contribution in [0.15, 0.2) is 59.3 Å². The summed E-state index contributed by atoms with van der Waals surface area (Å²) in [5.74, 6) is 7.55. The van der Waals surface area contributed by atoms with Crippen molar-refractivity contribution in [1.29, 1.82) is 0 Å². The van der Waals surface area contributed by atoms with Crippen LogP contribution in [-0.2, 0) is 0 Å². The topological polar surface area (TPSA) is 64.3 Å². The van der Waals surface area contributed by atoms with E-state index in [1.165, 1.54) is 11.1 Å². The number of nitrogens with zero attached hydrogens (tertiary/aromatic N) is 4. The Morgan fingerprint density at radius 2 is 1.74 bits per heavy atom.